The van der Waals surface area contributed by atoms with Gasteiger partial charge in [0.15, 0.2) is 5.82 Å². The number of likely N-dealkylation sites (N-methyl/N-ethyl adjacent to an activating group) is 1. The van der Waals surface area contributed by atoms with E-state index in [4.69, 9.17) is 0 Å². The fourth-order valence-corrected chi connectivity index (χ4v) is 1.42. The number of nitrogens with zero attached hydrogens (tertiary/aromatic N) is 2. The molecule has 0 fully saturated rings. The van der Waals surface area contributed by atoms with E-state index in [0.29, 0.717) is 0 Å². The average molecular weight is 255 g/mol. The molecule has 7 heteroatoms. The van der Waals surface area contributed by atoms with Crippen molar-refractivity contribution in [3.63, 3.8) is 0 Å². The van der Waals surface area contributed by atoms with Crippen molar-refractivity contribution in [3.05, 3.63) is 34.1 Å². The molecule has 0 aliphatic rings. The van der Waals surface area contributed by atoms with Gasteiger partial charge in [-0.1, -0.05) is 0 Å². The third-order valence-electron chi connectivity index (χ3n) is 2.35. The number of anilines is 1. The standard InChI is InChI=1S/C11H14FN3O3/c1-7(11(16)14(2)3)13-10-5-4-8(15(17)18)6-9(10)12/h4-7,13H,1-3H3. The van der Waals surface area contributed by atoms with E-state index in [-0.39, 0.29) is 17.3 Å². The molecule has 1 aromatic rings. The summed E-state index contributed by atoms with van der Waals surface area (Å²) in [5.41, 5.74) is -0.270. The highest BCUT2D eigenvalue weighted by Gasteiger charge is 2.17. The van der Waals surface area contributed by atoms with Crippen LogP contribution in [0.25, 0.3) is 0 Å². The van der Waals surface area contributed by atoms with Crippen LogP contribution in [0, 0.1) is 15.9 Å². The number of nitro benzene ring substituents is 1. The fourth-order valence-electron chi connectivity index (χ4n) is 1.42. The Hall–Kier alpha value is -2.18. The number of non-ortho nitro benzene ring substituents is 1. The van der Waals surface area contributed by atoms with Crippen LogP contribution in [0.2, 0.25) is 0 Å². The summed E-state index contributed by atoms with van der Waals surface area (Å²) in [5.74, 6) is -0.977. The summed E-state index contributed by atoms with van der Waals surface area (Å²) >= 11 is 0. The number of carbonyl (C=O) groups is 1. The van der Waals surface area contributed by atoms with E-state index in [0.717, 1.165) is 6.07 Å². The van der Waals surface area contributed by atoms with Gasteiger partial charge in [-0.15, -0.1) is 0 Å². The molecule has 0 aliphatic heterocycles. The molecule has 1 unspecified atom stereocenters. The molecular formula is C11H14FN3O3. The predicted molar refractivity (Wildman–Crippen MR) is 64.8 cm³/mol. The van der Waals surface area contributed by atoms with Crippen molar-refractivity contribution >= 4 is 17.3 Å². The maximum atomic E-state index is 13.5. The van der Waals surface area contributed by atoms with Gasteiger partial charge in [0.2, 0.25) is 5.91 Å². The molecule has 6 nitrogen and oxygen atoms in total. The fraction of sp³-hybridized carbons (Fsp3) is 0.364. The Morgan fingerprint density at radius 2 is 2.11 bits per heavy atom. The number of rotatable bonds is 4. The Labute approximate surface area is 104 Å². The number of carbonyl (C=O) groups excluding carboxylic acids is 1. The van der Waals surface area contributed by atoms with Crippen LogP contribution in [-0.4, -0.2) is 35.9 Å². The summed E-state index contributed by atoms with van der Waals surface area (Å²) in [7, 11) is 3.18. The quantitative estimate of drug-likeness (QED) is 0.655. The molecule has 0 heterocycles. The molecule has 0 saturated carbocycles. The molecule has 1 atom stereocenters. The van der Waals surface area contributed by atoms with E-state index in [1.807, 2.05) is 0 Å². The van der Waals surface area contributed by atoms with Crippen LogP contribution >= 0.6 is 0 Å². The number of nitrogens with one attached hydrogen (secondary N) is 1. The lowest BCUT2D eigenvalue weighted by atomic mass is 10.2. The molecule has 0 spiro atoms. The molecule has 0 aliphatic carbocycles. The van der Waals surface area contributed by atoms with Gasteiger partial charge < -0.3 is 10.2 Å². The number of nitro groups is 1. The van der Waals surface area contributed by atoms with Crippen LogP contribution in [-0.2, 0) is 4.79 Å². The zero-order chi connectivity index (χ0) is 13.9. The summed E-state index contributed by atoms with van der Waals surface area (Å²) in [4.78, 5) is 22.7. The van der Waals surface area contributed by atoms with Gasteiger partial charge in [-0.3, -0.25) is 14.9 Å². The highest BCUT2D eigenvalue weighted by Crippen LogP contribution is 2.21. The van der Waals surface area contributed by atoms with Gasteiger partial charge in [-0.2, -0.15) is 0 Å². The van der Waals surface area contributed by atoms with Crippen molar-refractivity contribution in [3.8, 4) is 0 Å². The molecule has 0 aromatic heterocycles. The normalized spacial score (nSPS) is 11.8. The maximum absolute atomic E-state index is 13.5. The van der Waals surface area contributed by atoms with Gasteiger partial charge in [-0.05, 0) is 13.0 Å². The number of hydrogen-bond donors (Lipinski definition) is 1. The average Bonchev–Trinajstić information content (AvgIpc) is 2.30. The Kier molecular flexibility index (Phi) is 4.19. The van der Waals surface area contributed by atoms with E-state index in [2.05, 4.69) is 5.32 Å². The molecule has 1 N–H and O–H groups in total. The molecule has 1 amide bonds. The van der Waals surface area contributed by atoms with Gasteiger partial charge in [0.25, 0.3) is 5.69 Å². The summed E-state index contributed by atoms with van der Waals surface area (Å²) < 4.78 is 13.5. The number of halogens is 1. The van der Waals surface area contributed by atoms with Gasteiger partial charge in [0.05, 0.1) is 16.7 Å². The minimum absolute atomic E-state index is 0.0586. The van der Waals surface area contributed by atoms with Crippen molar-refractivity contribution in [2.45, 2.75) is 13.0 Å². The van der Waals surface area contributed by atoms with Crippen molar-refractivity contribution in [2.75, 3.05) is 19.4 Å². The lowest BCUT2D eigenvalue weighted by molar-refractivity contribution is -0.385. The van der Waals surface area contributed by atoms with Crippen LogP contribution in [0.15, 0.2) is 18.2 Å². The second-order valence-electron chi connectivity index (χ2n) is 4.02. The van der Waals surface area contributed by atoms with E-state index in [9.17, 15) is 19.3 Å². The molecular weight excluding hydrogens is 241 g/mol. The van der Waals surface area contributed by atoms with Crippen molar-refractivity contribution < 1.29 is 14.1 Å². The zero-order valence-corrected chi connectivity index (χ0v) is 10.3. The number of hydrogen-bond acceptors (Lipinski definition) is 4. The topological polar surface area (TPSA) is 75.5 Å². The van der Waals surface area contributed by atoms with Gasteiger partial charge in [-0.25, -0.2) is 4.39 Å². The van der Waals surface area contributed by atoms with Crippen LogP contribution in [0.4, 0.5) is 15.8 Å². The molecule has 0 saturated heterocycles. The summed E-state index contributed by atoms with van der Waals surface area (Å²) in [6.45, 7) is 1.59. The first kappa shape index (κ1) is 13.9. The van der Waals surface area contributed by atoms with Gasteiger partial charge in [0, 0.05) is 20.2 Å². The largest absolute Gasteiger partial charge is 0.372 e. The first-order valence-corrected chi connectivity index (χ1v) is 5.24. The monoisotopic (exact) mass is 255 g/mol. The molecule has 0 radical (unpaired) electrons. The van der Waals surface area contributed by atoms with Crippen molar-refractivity contribution in [1.82, 2.24) is 4.90 Å². The van der Waals surface area contributed by atoms with Crippen LogP contribution in [0.5, 0.6) is 0 Å². The van der Waals surface area contributed by atoms with Crippen molar-refractivity contribution in [1.29, 1.82) is 0 Å². The minimum Gasteiger partial charge on any atom is -0.372 e. The Bertz CT molecular complexity index is 477. The number of amides is 1. The predicted octanol–water partition coefficient (Wildman–Crippen LogP) is 1.62. The highest BCUT2D eigenvalue weighted by atomic mass is 19.1. The van der Waals surface area contributed by atoms with E-state index in [1.54, 1.807) is 21.0 Å². The minimum atomic E-state index is -0.761. The second kappa shape index (κ2) is 5.44. The molecule has 18 heavy (non-hydrogen) atoms. The lowest BCUT2D eigenvalue weighted by Crippen LogP contribution is -2.36. The van der Waals surface area contributed by atoms with Crippen LogP contribution in [0.1, 0.15) is 6.92 Å². The SMILES string of the molecule is CC(Nc1ccc([N+](=O)[O-])cc1F)C(=O)N(C)C. The summed E-state index contributed by atoms with van der Waals surface area (Å²) in [6.07, 6.45) is 0. The summed E-state index contributed by atoms with van der Waals surface area (Å²) in [6, 6.07) is 2.62. The molecule has 98 valence electrons. The first-order valence-electron chi connectivity index (χ1n) is 5.24. The van der Waals surface area contributed by atoms with E-state index >= 15 is 0 Å². The van der Waals surface area contributed by atoms with Crippen molar-refractivity contribution in [2.24, 2.45) is 0 Å². The van der Waals surface area contributed by atoms with Gasteiger partial charge >= 0.3 is 0 Å². The Morgan fingerprint density at radius 1 is 1.50 bits per heavy atom. The van der Waals surface area contributed by atoms with E-state index in [1.165, 1.54) is 17.0 Å². The third kappa shape index (κ3) is 3.16. The first-order chi connectivity index (χ1) is 8.32. The lowest BCUT2D eigenvalue weighted by Gasteiger charge is -2.19. The van der Waals surface area contributed by atoms with E-state index < -0.39 is 16.8 Å². The Balaban J connectivity index is 2.86. The molecule has 0 bridgehead atoms. The Morgan fingerprint density at radius 3 is 2.56 bits per heavy atom. The smallest absolute Gasteiger partial charge is 0.272 e. The zero-order valence-electron chi connectivity index (χ0n) is 10.3. The third-order valence-corrected chi connectivity index (χ3v) is 2.35. The van der Waals surface area contributed by atoms with Crippen LogP contribution in [0.3, 0.4) is 0 Å². The highest BCUT2D eigenvalue weighted by molar-refractivity contribution is 5.83. The summed E-state index contributed by atoms with van der Waals surface area (Å²) in [5, 5.41) is 13.1. The maximum Gasteiger partial charge on any atom is 0.272 e. The molecule has 1 rings (SSSR count). The van der Waals surface area contributed by atoms with Crippen LogP contribution < -0.4 is 5.32 Å². The van der Waals surface area contributed by atoms with Gasteiger partial charge in [0.1, 0.15) is 6.04 Å². The number of benzene rings is 1. The second-order valence-corrected chi connectivity index (χ2v) is 4.02. The molecule has 1 aromatic carbocycles.